The summed E-state index contributed by atoms with van der Waals surface area (Å²) in [6, 6.07) is 2.26. The van der Waals surface area contributed by atoms with Crippen LogP contribution < -0.4 is 4.90 Å². The van der Waals surface area contributed by atoms with E-state index in [1.54, 1.807) is 17.7 Å². The Morgan fingerprint density at radius 1 is 1.43 bits per heavy atom. The number of likely N-dealkylation sites (tertiary alicyclic amines) is 1. The van der Waals surface area contributed by atoms with Crippen LogP contribution in [0.25, 0.3) is 10.2 Å². The molecule has 1 unspecified atom stereocenters. The third-order valence-electron chi connectivity index (χ3n) is 4.32. The normalized spacial score (nSPS) is 20.0. The molecule has 3 rings (SSSR count). The van der Waals surface area contributed by atoms with Crippen LogP contribution in [0.15, 0.2) is 12.4 Å². The van der Waals surface area contributed by atoms with Crippen LogP contribution in [0.1, 0.15) is 24.6 Å². The zero-order valence-corrected chi connectivity index (χ0v) is 14.0. The number of hydrogen-bond donors (Lipinski definition) is 0. The van der Waals surface area contributed by atoms with Crippen molar-refractivity contribution >= 4 is 27.4 Å². The minimum atomic E-state index is 0.739. The van der Waals surface area contributed by atoms with E-state index < -0.39 is 0 Å². The van der Waals surface area contributed by atoms with Crippen molar-refractivity contribution in [3.63, 3.8) is 0 Å². The minimum absolute atomic E-state index is 0.739. The van der Waals surface area contributed by atoms with Gasteiger partial charge in [0.1, 0.15) is 17.0 Å². The summed E-state index contributed by atoms with van der Waals surface area (Å²) in [6.07, 6.45) is 5.41. The van der Waals surface area contributed by atoms with Gasteiger partial charge in [-0.2, -0.15) is 0 Å². The monoisotopic (exact) mass is 304 g/mol. The zero-order chi connectivity index (χ0) is 14.8. The van der Waals surface area contributed by atoms with E-state index >= 15 is 0 Å². The van der Waals surface area contributed by atoms with Crippen molar-refractivity contribution < 1.29 is 0 Å². The summed E-state index contributed by atoms with van der Waals surface area (Å²) in [6.45, 7) is 5.71. The third-order valence-corrected chi connectivity index (χ3v) is 5.51. The first-order valence-corrected chi connectivity index (χ1v) is 8.62. The molecule has 1 fully saturated rings. The van der Waals surface area contributed by atoms with Crippen molar-refractivity contribution in [3.05, 3.63) is 17.3 Å². The lowest BCUT2D eigenvalue weighted by Gasteiger charge is -2.32. The van der Waals surface area contributed by atoms with E-state index in [1.165, 1.54) is 36.2 Å². The SMILES string of the molecule is CCc1cc2c(N(C)CC3CCCN(C)C3)ncnc2s1. The fourth-order valence-electron chi connectivity index (χ4n) is 3.27. The van der Waals surface area contributed by atoms with Gasteiger partial charge < -0.3 is 9.80 Å². The van der Waals surface area contributed by atoms with Gasteiger partial charge in [-0.15, -0.1) is 11.3 Å². The Kier molecular flexibility index (Phi) is 4.40. The number of aryl methyl sites for hydroxylation is 1. The highest BCUT2D eigenvalue weighted by molar-refractivity contribution is 7.18. The quantitative estimate of drug-likeness (QED) is 0.869. The molecule has 0 saturated carbocycles. The molecule has 3 heterocycles. The molecule has 1 atom stereocenters. The first-order chi connectivity index (χ1) is 10.2. The average Bonchev–Trinajstić information content (AvgIpc) is 2.90. The van der Waals surface area contributed by atoms with Crippen molar-refractivity contribution in [2.75, 3.05) is 38.6 Å². The summed E-state index contributed by atoms with van der Waals surface area (Å²) in [5.41, 5.74) is 0. The van der Waals surface area contributed by atoms with Crippen LogP contribution in [0, 0.1) is 5.92 Å². The van der Waals surface area contributed by atoms with E-state index in [0.717, 1.165) is 29.5 Å². The summed E-state index contributed by atoms with van der Waals surface area (Å²) >= 11 is 1.79. The van der Waals surface area contributed by atoms with Crippen molar-refractivity contribution in [1.82, 2.24) is 14.9 Å². The van der Waals surface area contributed by atoms with Crippen LogP contribution in [0.4, 0.5) is 5.82 Å². The van der Waals surface area contributed by atoms with Crippen LogP contribution >= 0.6 is 11.3 Å². The van der Waals surface area contributed by atoms with Crippen molar-refractivity contribution in [2.45, 2.75) is 26.2 Å². The van der Waals surface area contributed by atoms with Crippen LogP contribution in [-0.4, -0.2) is 48.6 Å². The second-order valence-corrected chi connectivity index (χ2v) is 7.25. The first kappa shape index (κ1) is 14.7. The molecular formula is C16H24N4S. The summed E-state index contributed by atoms with van der Waals surface area (Å²) < 4.78 is 0. The largest absolute Gasteiger partial charge is 0.359 e. The van der Waals surface area contributed by atoms with E-state index in [2.05, 4.69) is 46.9 Å². The third kappa shape index (κ3) is 3.19. The molecule has 0 N–H and O–H groups in total. The van der Waals surface area contributed by atoms with E-state index in [-0.39, 0.29) is 0 Å². The van der Waals surface area contributed by atoms with Gasteiger partial charge in [0.25, 0.3) is 0 Å². The molecule has 0 aromatic carbocycles. The molecular weight excluding hydrogens is 280 g/mol. The molecule has 114 valence electrons. The molecule has 0 amide bonds. The maximum atomic E-state index is 4.55. The van der Waals surface area contributed by atoms with Gasteiger partial charge >= 0.3 is 0 Å². The molecule has 0 aliphatic carbocycles. The molecule has 0 spiro atoms. The Bertz CT molecular complexity index is 609. The molecule has 21 heavy (non-hydrogen) atoms. The van der Waals surface area contributed by atoms with Crippen molar-refractivity contribution in [1.29, 1.82) is 0 Å². The lowest BCUT2D eigenvalue weighted by molar-refractivity contribution is 0.213. The Morgan fingerprint density at radius 3 is 3.05 bits per heavy atom. The predicted octanol–water partition coefficient (Wildman–Crippen LogP) is 3.03. The number of anilines is 1. The molecule has 4 nitrogen and oxygen atoms in total. The van der Waals surface area contributed by atoms with E-state index in [4.69, 9.17) is 0 Å². The van der Waals surface area contributed by atoms with E-state index in [1.807, 2.05) is 0 Å². The Morgan fingerprint density at radius 2 is 2.29 bits per heavy atom. The number of nitrogens with zero attached hydrogens (tertiary/aromatic N) is 4. The molecule has 1 aliphatic heterocycles. The molecule has 0 radical (unpaired) electrons. The maximum Gasteiger partial charge on any atom is 0.140 e. The Hall–Kier alpha value is -1.20. The number of hydrogen-bond acceptors (Lipinski definition) is 5. The smallest absolute Gasteiger partial charge is 0.140 e. The Balaban J connectivity index is 1.80. The fraction of sp³-hybridized carbons (Fsp3) is 0.625. The predicted molar refractivity (Wildman–Crippen MR) is 90.3 cm³/mol. The van der Waals surface area contributed by atoms with Gasteiger partial charge in [0.15, 0.2) is 0 Å². The lowest BCUT2D eigenvalue weighted by atomic mass is 9.98. The molecule has 2 aromatic heterocycles. The van der Waals surface area contributed by atoms with Gasteiger partial charge in [-0.25, -0.2) is 9.97 Å². The van der Waals surface area contributed by atoms with Gasteiger partial charge in [-0.05, 0) is 44.8 Å². The van der Waals surface area contributed by atoms with Gasteiger partial charge in [-0.3, -0.25) is 0 Å². The highest BCUT2D eigenvalue weighted by Crippen LogP contribution is 2.30. The number of aromatic nitrogens is 2. The molecule has 1 aliphatic rings. The summed E-state index contributed by atoms with van der Waals surface area (Å²) in [7, 11) is 4.39. The number of fused-ring (bicyclic) bond motifs is 1. The number of rotatable bonds is 4. The number of piperidine rings is 1. The lowest BCUT2D eigenvalue weighted by Crippen LogP contribution is -2.38. The fourth-order valence-corrected chi connectivity index (χ4v) is 4.20. The molecule has 1 saturated heterocycles. The summed E-state index contributed by atoms with van der Waals surface area (Å²) in [5, 5.41) is 1.21. The Labute approximate surface area is 130 Å². The molecule has 5 heteroatoms. The van der Waals surface area contributed by atoms with Crippen LogP contribution in [0.2, 0.25) is 0 Å². The standard InChI is InChI=1S/C16H24N4S/c1-4-13-8-14-15(17-11-18-16(14)21-13)20(3)10-12-6-5-7-19(2)9-12/h8,11-12H,4-7,9-10H2,1-3H3. The van der Waals surface area contributed by atoms with Gasteiger partial charge in [-0.1, -0.05) is 6.92 Å². The topological polar surface area (TPSA) is 32.3 Å². The van der Waals surface area contributed by atoms with Gasteiger partial charge in [0.2, 0.25) is 0 Å². The average molecular weight is 304 g/mol. The highest BCUT2D eigenvalue weighted by Gasteiger charge is 2.20. The summed E-state index contributed by atoms with van der Waals surface area (Å²) in [5.74, 6) is 1.83. The van der Waals surface area contributed by atoms with Crippen LogP contribution in [0.3, 0.4) is 0 Å². The number of thiophene rings is 1. The van der Waals surface area contributed by atoms with Crippen molar-refractivity contribution in [3.8, 4) is 0 Å². The molecule has 0 bridgehead atoms. The van der Waals surface area contributed by atoms with Crippen LogP contribution in [-0.2, 0) is 6.42 Å². The van der Waals surface area contributed by atoms with E-state index in [9.17, 15) is 0 Å². The minimum Gasteiger partial charge on any atom is -0.359 e. The highest BCUT2D eigenvalue weighted by atomic mass is 32.1. The zero-order valence-electron chi connectivity index (χ0n) is 13.2. The second-order valence-electron chi connectivity index (χ2n) is 6.13. The van der Waals surface area contributed by atoms with Gasteiger partial charge in [0, 0.05) is 25.0 Å². The van der Waals surface area contributed by atoms with Crippen LogP contribution in [0.5, 0.6) is 0 Å². The summed E-state index contributed by atoms with van der Waals surface area (Å²) in [4.78, 5) is 16.2. The van der Waals surface area contributed by atoms with Crippen molar-refractivity contribution in [2.24, 2.45) is 5.92 Å². The first-order valence-electron chi connectivity index (χ1n) is 7.80. The molecule has 2 aromatic rings. The maximum absolute atomic E-state index is 4.55. The van der Waals surface area contributed by atoms with E-state index in [0.29, 0.717) is 0 Å². The van der Waals surface area contributed by atoms with Gasteiger partial charge in [0.05, 0.1) is 5.39 Å². The second kappa shape index (κ2) is 6.28.